The van der Waals surface area contributed by atoms with E-state index in [0.29, 0.717) is 17.3 Å². The maximum Gasteiger partial charge on any atom is 0.431 e. The Morgan fingerprint density at radius 2 is 1.60 bits per heavy atom. The second-order valence-electron chi connectivity index (χ2n) is 5.35. The molecule has 0 aromatic heterocycles. The lowest BCUT2D eigenvalue weighted by molar-refractivity contribution is 0.0415. The molecule has 0 spiro atoms. The summed E-state index contributed by atoms with van der Waals surface area (Å²) < 4.78 is 0. The third-order valence-electron chi connectivity index (χ3n) is 4.04. The Kier molecular flexibility index (Phi) is 4.01. The number of carbonyl (C=O) groups is 2. The summed E-state index contributed by atoms with van der Waals surface area (Å²) in [5.74, 6) is 0.330. The van der Waals surface area contributed by atoms with E-state index in [-0.39, 0.29) is 0 Å². The number of hydrogen-bond acceptors (Lipinski definition) is 2. The standard InChI is InChI=1S/C14H20N2O4/c1-9-8-12(11-6-4-3-5-7-11)10(2)16(14(19)20)15(9)13(17)18/h8,11H,3-7H2,1-2H3,(H,17,18)(H,19,20). The number of amides is 2. The number of carboxylic acid groups (broad SMARTS) is 2. The van der Waals surface area contributed by atoms with E-state index >= 15 is 0 Å². The van der Waals surface area contributed by atoms with Crippen molar-refractivity contribution in [1.29, 1.82) is 0 Å². The molecule has 1 fully saturated rings. The van der Waals surface area contributed by atoms with Crippen molar-refractivity contribution >= 4 is 12.2 Å². The van der Waals surface area contributed by atoms with Crippen LogP contribution in [0.1, 0.15) is 46.0 Å². The first-order valence-electron chi connectivity index (χ1n) is 6.88. The van der Waals surface area contributed by atoms with Gasteiger partial charge in [0.15, 0.2) is 0 Å². The third-order valence-corrected chi connectivity index (χ3v) is 4.04. The largest absolute Gasteiger partial charge is 0.463 e. The Hall–Kier alpha value is -1.98. The van der Waals surface area contributed by atoms with Gasteiger partial charge in [-0.05, 0) is 44.3 Å². The first-order valence-corrected chi connectivity index (χ1v) is 6.88. The molecule has 20 heavy (non-hydrogen) atoms. The molecule has 0 unspecified atom stereocenters. The predicted octanol–water partition coefficient (Wildman–Crippen LogP) is 3.63. The number of hydrogen-bond donors (Lipinski definition) is 2. The van der Waals surface area contributed by atoms with Crippen LogP contribution in [0, 0.1) is 5.92 Å². The molecule has 2 N–H and O–H groups in total. The van der Waals surface area contributed by atoms with Crippen LogP contribution >= 0.6 is 0 Å². The average molecular weight is 280 g/mol. The summed E-state index contributed by atoms with van der Waals surface area (Å²) in [6, 6.07) is 0. The first-order chi connectivity index (χ1) is 9.43. The van der Waals surface area contributed by atoms with Crippen molar-refractivity contribution in [2.75, 3.05) is 0 Å². The molecule has 2 rings (SSSR count). The number of rotatable bonds is 1. The summed E-state index contributed by atoms with van der Waals surface area (Å²) in [4.78, 5) is 22.7. The molecule has 6 nitrogen and oxygen atoms in total. The Balaban J connectivity index is 2.41. The maximum absolute atomic E-state index is 11.4. The predicted molar refractivity (Wildman–Crippen MR) is 72.8 cm³/mol. The van der Waals surface area contributed by atoms with Crippen LogP contribution in [0.5, 0.6) is 0 Å². The zero-order chi connectivity index (χ0) is 14.9. The Bertz CT molecular complexity index is 489. The van der Waals surface area contributed by atoms with Crippen molar-refractivity contribution in [3.05, 3.63) is 23.0 Å². The van der Waals surface area contributed by atoms with E-state index in [4.69, 9.17) is 0 Å². The van der Waals surface area contributed by atoms with E-state index in [2.05, 4.69) is 0 Å². The third kappa shape index (κ3) is 2.50. The van der Waals surface area contributed by atoms with Gasteiger partial charge in [-0.25, -0.2) is 9.59 Å². The molecule has 0 saturated heterocycles. The van der Waals surface area contributed by atoms with E-state index in [1.807, 2.05) is 6.08 Å². The smallest absolute Gasteiger partial charge is 0.431 e. The molecular weight excluding hydrogens is 260 g/mol. The molecule has 0 aromatic carbocycles. The van der Waals surface area contributed by atoms with Crippen molar-refractivity contribution in [3.8, 4) is 0 Å². The van der Waals surface area contributed by atoms with Crippen LogP contribution in [-0.4, -0.2) is 32.4 Å². The van der Waals surface area contributed by atoms with Crippen molar-refractivity contribution in [3.63, 3.8) is 0 Å². The first kappa shape index (κ1) is 14.4. The minimum atomic E-state index is -1.29. The lowest BCUT2D eigenvalue weighted by Gasteiger charge is -2.38. The van der Waals surface area contributed by atoms with Gasteiger partial charge >= 0.3 is 12.2 Å². The van der Waals surface area contributed by atoms with Crippen molar-refractivity contribution in [2.24, 2.45) is 5.92 Å². The molecule has 0 bridgehead atoms. The molecule has 1 heterocycles. The van der Waals surface area contributed by atoms with Crippen molar-refractivity contribution in [1.82, 2.24) is 10.0 Å². The number of allylic oxidation sites excluding steroid dienone is 4. The molecule has 2 amide bonds. The molecule has 1 aliphatic heterocycles. The maximum atomic E-state index is 11.4. The van der Waals surface area contributed by atoms with Gasteiger partial charge in [-0.2, -0.15) is 10.0 Å². The van der Waals surface area contributed by atoms with Gasteiger partial charge in [0.25, 0.3) is 0 Å². The molecule has 0 atom stereocenters. The van der Waals surface area contributed by atoms with E-state index in [1.54, 1.807) is 13.8 Å². The highest BCUT2D eigenvalue weighted by Gasteiger charge is 2.35. The van der Waals surface area contributed by atoms with Gasteiger partial charge in [0, 0.05) is 11.4 Å². The fourth-order valence-electron chi connectivity index (χ4n) is 3.11. The minimum Gasteiger partial charge on any atom is -0.463 e. The normalized spacial score (nSPS) is 21.0. The Morgan fingerprint density at radius 3 is 2.10 bits per heavy atom. The summed E-state index contributed by atoms with van der Waals surface area (Å²) in [5.41, 5.74) is 1.88. The highest BCUT2D eigenvalue weighted by Crippen LogP contribution is 2.36. The van der Waals surface area contributed by atoms with Gasteiger partial charge in [-0.15, -0.1) is 0 Å². The van der Waals surface area contributed by atoms with Gasteiger partial charge in [-0.3, -0.25) is 0 Å². The molecule has 2 aliphatic rings. The fourth-order valence-corrected chi connectivity index (χ4v) is 3.11. The number of hydrazine groups is 1. The molecule has 1 aliphatic carbocycles. The minimum absolute atomic E-state index is 0.330. The van der Waals surface area contributed by atoms with Crippen molar-refractivity contribution in [2.45, 2.75) is 46.0 Å². The molecule has 0 aromatic rings. The van der Waals surface area contributed by atoms with Crippen molar-refractivity contribution < 1.29 is 19.8 Å². The topological polar surface area (TPSA) is 81.1 Å². The van der Waals surface area contributed by atoms with Crippen LogP contribution in [0.4, 0.5) is 9.59 Å². The summed E-state index contributed by atoms with van der Waals surface area (Å²) in [6.07, 6.45) is 4.84. The zero-order valence-electron chi connectivity index (χ0n) is 11.8. The molecule has 110 valence electrons. The van der Waals surface area contributed by atoms with Crippen LogP contribution in [0.3, 0.4) is 0 Å². The molecule has 1 saturated carbocycles. The van der Waals surface area contributed by atoms with E-state index in [9.17, 15) is 19.8 Å². The lowest BCUT2D eigenvalue weighted by Crippen LogP contribution is -2.48. The van der Waals surface area contributed by atoms with Crippen LogP contribution < -0.4 is 0 Å². The van der Waals surface area contributed by atoms with Crippen LogP contribution in [0.15, 0.2) is 23.0 Å². The summed E-state index contributed by atoms with van der Waals surface area (Å²) in [6.45, 7) is 3.30. The average Bonchev–Trinajstić information content (AvgIpc) is 2.40. The van der Waals surface area contributed by atoms with Gasteiger partial charge in [-0.1, -0.05) is 19.3 Å². The molecule has 6 heteroatoms. The Morgan fingerprint density at radius 1 is 1.05 bits per heavy atom. The van der Waals surface area contributed by atoms with Crippen LogP contribution in [-0.2, 0) is 0 Å². The van der Waals surface area contributed by atoms with Gasteiger partial charge in [0.1, 0.15) is 0 Å². The molecular formula is C14H20N2O4. The summed E-state index contributed by atoms with van der Waals surface area (Å²) >= 11 is 0. The second kappa shape index (κ2) is 5.56. The summed E-state index contributed by atoms with van der Waals surface area (Å²) in [7, 11) is 0. The zero-order valence-corrected chi connectivity index (χ0v) is 11.8. The van der Waals surface area contributed by atoms with Gasteiger partial charge in [0.05, 0.1) is 0 Å². The van der Waals surface area contributed by atoms with E-state index in [1.165, 1.54) is 6.42 Å². The van der Waals surface area contributed by atoms with E-state index in [0.717, 1.165) is 41.3 Å². The monoisotopic (exact) mass is 280 g/mol. The highest BCUT2D eigenvalue weighted by atomic mass is 16.4. The van der Waals surface area contributed by atoms with Crippen LogP contribution in [0.2, 0.25) is 0 Å². The van der Waals surface area contributed by atoms with E-state index < -0.39 is 12.2 Å². The molecule has 0 radical (unpaired) electrons. The number of nitrogens with zero attached hydrogens (tertiary/aromatic N) is 2. The second-order valence-corrected chi connectivity index (χ2v) is 5.35. The Labute approximate surface area is 117 Å². The SMILES string of the molecule is CC1=CC(C2CCCCC2)=C(C)N(C(=O)O)N1C(=O)O. The quantitative estimate of drug-likeness (QED) is 0.768. The van der Waals surface area contributed by atoms with Gasteiger partial charge in [0.2, 0.25) is 0 Å². The summed E-state index contributed by atoms with van der Waals surface area (Å²) in [5, 5.41) is 20.1. The lowest BCUT2D eigenvalue weighted by atomic mass is 9.82. The van der Waals surface area contributed by atoms with Gasteiger partial charge < -0.3 is 10.2 Å². The highest BCUT2D eigenvalue weighted by molar-refractivity contribution is 5.76. The fraction of sp³-hybridized carbons (Fsp3) is 0.571. The van der Waals surface area contributed by atoms with Crippen LogP contribution in [0.25, 0.3) is 0 Å².